The predicted molar refractivity (Wildman–Crippen MR) is 203 cm³/mol. The SMILES string of the molecule is COc1cc(/C=C/c2cccc(-c3cccc(-c4nc5cc(CN6CC[C@@H](C(=O)O)C6)cc(C#N)c5o4)c3C)c2Cl)c(C(F)(F)F)cc1CN1CC[C@@H](O)C1. The molecule has 13 heteroatoms. The zero-order valence-electron chi connectivity index (χ0n) is 30.2. The zero-order chi connectivity index (χ0) is 39.0. The summed E-state index contributed by atoms with van der Waals surface area (Å²) < 4.78 is 54.9. The summed E-state index contributed by atoms with van der Waals surface area (Å²) in [5.74, 6) is -0.597. The van der Waals surface area contributed by atoms with Crippen molar-refractivity contribution in [1.29, 1.82) is 5.26 Å². The van der Waals surface area contributed by atoms with Gasteiger partial charge in [0.05, 0.1) is 35.3 Å². The quantitative estimate of drug-likeness (QED) is 0.134. The van der Waals surface area contributed by atoms with Crippen LogP contribution < -0.4 is 4.74 Å². The lowest BCUT2D eigenvalue weighted by Crippen LogP contribution is -2.22. The van der Waals surface area contributed by atoms with E-state index in [1.54, 1.807) is 24.3 Å². The van der Waals surface area contributed by atoms with Gasteiger partial charge in [-0.25, -0.2) is 4.98 Å². The fourth-order valence-corrected chi connectivity index (χ4v) is 7.87. The Morgan fingerprint density at radius 1 is 1.02 bits per heavy atom. The number of carbonyl (C=O) groups is 1. The van der Waals surface area contributed by atoms with Crippen LogP contribution in [0.4, 0.5) is 13.2 Å². The molecule has 9 nitrogen and oxygen atoms in total. The minimum absolute atomic E-state index is 0.0741. The van der Waals surface area contributed by atoms with Crippen LogP contribution in [0, 0.1) is 24.2 Å². The van der Waals surface area contributed by atoms with E-state index in [1.165, 1.54) is 19.3 Å². The first-order chi connectivity index (χ1) is 26.3. The van der Waals surface area contributed by atoms with Crippen molar-refractivity contribution in [3.8, 4) is 34.4 Å². The first kappa shape index (κ1) is 38.1. The van der Waals surface area contributed by atoms with Crippen molar-refractivity contribution >= 4 is 40.8 Å². The van der Waals surface area contributed by atoms with Gasteiger partial charge in [0.2, 0.25) is 5.89 Å². The molecule has 2 aliphatic heterocycles. The van der Waals surface area contributed by atoms with Crippen LogP contribution in [0.5, 0.6) is 5.75 Å². The normalized spacial score (nSPS) is 18.1. The Labute approximate surface area is 320 Å². The van der Waals surface area contributed by atoms with Gasteiger partial charge in [0.25, 0.3) is 0 Å². The molecule has 55 heavy (non-hydrogen) atoms. The van der Waals surface area contributed by atoms with Crippen LogP contribution in [0.3, 0.4) is 0 Å². The number of nitrogens with zero attached hydrogens (tertiary/aromatic N) is 4. The molecule has 0 saturated carbocycles. The van der Waals surface area contributed by atoms with Gasteiger partial charge in [-0.2, -0.15) is 18.4 Å². The van der Waals surface area contributed by atoms with Crippen molar-refractivity contribution in [1.82, 2.24) is 14.8 Å². The maximum absolute atomic E-state index is 14.4. The second kappa shape index (κ2) is 15.5. The Balaban J connectivity index is 1.18. The third-order valence-electron chi connectivity index (χ3n) is 10.4. The molecule has 2 atom stereocenters. The minimum atomic E-state index is -4.63. The summed E-state index contributed by atoms with van der Waals surface area (Å²) in [5, 5.41) is 29.6. The van der Waals surface area contributed by atoms with Gasteiger partial charge in [0.1, 0.15) is 17.3 Å². The smallest absolute Gasteiger partial charge is 0.417 e. The molecule has 2 N–H and O–H groups in total. The molecule has 5 aromatic rings. The lowest BCUT2D eigenvalue weighted by molar-refractivity contribution is -0.141. The summed E-state index contributed by atoms with van der Waals surface area (Å²) in [6.07, 6.45) is -1.05. The number of alkyl halides is 3. The van der Waals surface area contributed by atoms with Gasteiger partial charge >= 0.3 is 12.1 Å². The van der Waals surface area contributed by atoms with Gasteiger partial charge in [-0.3, -0.25) is 14.6 Å². The molecule has 0 bridgehead atoms. The van der Waals surface area contributed by atoms with Crippen molar-refractivity contribution < 1.29 is 37.3 Å². The summed E-state index contributed by atoms with van der Waals surface area (Å²) in [4.78, 5) is 20.2. The van der Waals surface area contributed by atoms with Crippen molar-refractivity contribution in [2.45, 2.75) is 45.1 Å². The van der Waals surface area contributed by atoms with Crippen LogP contribution in [0.15, 0.2) is 65.1 Å². The highest BCUT2D eigenvalue weighted by molar-refractivity contribution is 6.35. The summed E-state index contributed by atoms with van der Waals surface area (Å²) in [7, 11) is 1.42. The summed E-state index contributed by atoms with van der Waals surface area (Å²) in [5.41, 5.74) is 4.90. The number of carboxylic acid groups (broad SMARTS) is 1. The number of methoxy groups -OCH3 is 1. The molecule has 0 unspecified atom stereocenters. The number of hydrogen-bond acceptors (Lipinski definition) is 8. The number of halogens is 4. The average Bonchev–Trinajstić information content (AvgIpc) is 3.91. The number of likely N-dealkylation sites (tertiary alicyclic amines) is 2. The number of ether oxygens (including phenoxy) is 1. The molecular weight excluding hydrogens is 733 g/mol. The molecule has 0 amide bonds. The third kappa shape index (κ3) is 7.97. The molecule has 3 heterocycles. The van der Waals surface area contributed by atoms with Crippen LogP contribution in [0.2, 0.25) is 5.02 Å². The first-order valence-corrected chi connectivity index (χ1v) is 18.2. The van der Waals surface area contributed by atoms with Crippen molar-refractivity contribution in [3.05, 3.63) is 105 Å². The Kier molecular flexibility index (Phi) is 10.7. The van der Waals surface area contributed by atoms with E-state index in [0.29, 0.717) is 101 Å². The summed E-state index contributed by atoms with van der Waals surface area (Å²) in [6, 6.07) is 19.2. The highest BCUT2D eigenvalue weighted by Crippen LogP contribution is 2.40. The Hall–Kier alpha value is -5.19. The highest BCUT2D eigenvalue weighted by Gasteiger charge is 2.35. The maximum atomic E-state index is 14.4. The first-order valence-electron chi connectivity index (χ1n) is 17.9. The molecule has 7 rings (SSSR count). The van der Waals surface area contributed by atoms with Gasteiger partial charge in [0, 0.05) is 49.4 Å². The number of nitriles is 1. The predicted octanol–water partition coefficient (Wildman–Crippen LogP) is 8.67. The largest absolute Gasteiger partial charge is 0.496 e. The van der Waals surface area contributed by atoms with E-state index in [2.05, 4.69) is 6.07 Å². The molecule has 0 aliphatic carbocycles. The monoisotopic (exact) mass is 770 g/mol. The van der Waals surface area contributed by atoms with Crippen LogP contribution in [-0.2, 0) is 24.1 Å². The fraction of sp³-hybridized carbons (Fsp3) is 0.310. The van der Waals surface area contributed by atoms with Gasteiger partial charge in [-0.15, -0.1) is 0 Å². The number of benzene rings is 4. The molecule has 4 aromatic carbocycles. The lowest BCUT2D eigenvalue weighted by atomic mass is 9.94. The maximum Gasteiger partial charge on any atom is 0.417 e. The van der Waals surface area contributed by atoms with E-state index in [1.807, 2.05) is 47.1 Å². The van der Waals surface area contributed by atoms with Crippen molar-refractivity contribution in [2.24, 2.45) is 5.92 Å². The second-order valence-electron chi connectivity index (χ2n) is 14.1. The number of β-amino-alcohol motifs (C(OH)–C–C–N with tert-alkyl or cyclic N) is 1. The van der Waals surface area contributed by atoms with E-state index in [4.69, 9.17) is 25.7 Å². The third-order valence-corrected chi connectivity index (χ3v) is 10.8. The van der Waals surface area contributed by atoms with Crippen LogP contribution in [0.1, 0.15) is 51.8 Å². The zero-order valence-corrected chi connectivity index (χ0v) is 30.9. The molecular formula is C42H38ClF3N4O5. The number of aliphatic hydroxyl groups excluding tert-OH is 1. The molecule has 284 valence electrons. The highest BCUT2D eigenvalue weighted by atomic mass is 35.5. The van der Waals surface area contributed by atoms with E-state index in [9.17, 15) is 33.4 Å². The van der Waals surface area contributed by atoms with Crippen LogP contribution in [0.25, 0.3) is 45.8 Å². The van der Waals surface area contributed by atoms with E-state index < -0.39 is 29.7 Å². The number of fused-ring (bicyclic) bond motifs is 1. The van der Waals surface area contributed by atoms with E-state index >= 15 is 0 Å². The van der Waals surface area contributed by atoms with Crippen LogP contribution in [-0.4, -0.2) is 70.4 Å². The second-order valence-corrected chi connectivity index (χ2v) is 14.5. The Morgan fingerprint density at radius 3 is 2.42 bits per heavy atom. The van der Waals surface area contributed by atoms with Gasteiger partial charge < -0.3 is 19.4 Å². The van der Waals surface area contributed by atoms with E-state index in [-0.39, 0.29) is 12.1 Å². The van der Waals surface area contributed by atoms with Crippen molar-refractivity contribution in [3.63, 3.8) is 0 Å². The number of hydrogen-bond donors (Lipinski definition) is 2. The molecule has 0 spiro atoms. The molecule has 2 aliphatic rings. The fourth-order valence-electron chi connectivity index (χ4n) is 7.58. The molecule has 0 radical (unpaired) electrons. The number of aromatic nitrogens is 1. The number of aliphatic hydroxyl groups is 1. The standard InChI is InChI=1S/C42H38ClF3N4O5/c1-24-32(6-4-7-33(24)40-48-36-16-25(15-29(19-47)39(36)55-40)20-49-13-11-28(21-49)41(52)53)34-8-3-5-26(38(34)43)9-10-27-18-37(54-2)30(17-35(27)42(44,45)46)22-50-14-12-31(51)23-50/h3-10,15-18,28,31,51H,11-14,20-23H2,1-2H3,(H,52,53)/b10-9+/t28-,31-/m1/s1. The van der Waals surface area contributed by atoms with Crippen LogP contribution >= 0.6 is 11.6 Å². The van der Waals surface area contributed by atoms with Gasteiger partial charge in [0.15, 0.2) is 5.58 Å². The number of carboxylic acids is 1. The minimum Gasteiger partial charge on any atom is -0.496 e. The number of aliphatic carboxylic acids is 1. The van der Waals surface area contributed by atoms with Gasteiger partial charge in [-0.05, 0) is 84.5 Å². The summed E-state index contributed by atoms with van der Waals surface area (Å²) >= 11 is 6.98. The Morgan fingerprint density at radius 2 is 1.73 bits per heavy atom. The molecule has 2 saturated heterocycles. The molecule has 2 fully saturated rings. The topological polar surface area (TPSA) is 123 Å². The van der Waals surface area contributed by atoms with Crippen molar-refractivity contribution in [2.75, 3.05) is 33.3 Å². The number of rotatable bonds is 10. The van der Waals surface area contributed by atoms with Gasteiger partial charge in [-0.1, -0.05) is 54.1 Å². The Bertz CT molecular complexity index is 2350. The number of oxazole rings is 1. The lowest BCUT2D eigenvalue weighted by Gasteiger charge is -2.20. The van der Waals surface area contributed by atoms with E-state index in [0.717, 1.165) is 22.8 Å². The average molecular weight is 771 g/mol. The summed E-state index contributed by atoms with van der Waals surface area (Å²) in [6.45, 7) is 4.66. The molecule has 1 aromatic heterocycles.